The molecule has 98 valence electrons. The second kappa shape index (κ2) is 5.05. The highest BCUT2D eigenvalue weighted by molar-refractivity contribution is 4.75. The Balaban J connectivity index is 4.75. The van der Waals surface area contributed by atoms with Crippen LogP contribution in [0.5, 0.6) is 0 Å². The van der Waals surface area contributed by atoms with Crippen LogP contribution in [0.2, 0.25) is 0 Å². The summed E-state index contributed by atoms with van der Waals surface area (Å²) in [4.78, 5) is 0. The maximum absolute atomic E-state index is 6.09. The molecule has 0 unspecified atom stereocenters. The molecule has 0 aliphatic carbocycles. The maximum Gasteiger partial charge on any atom is 0.167 e. The van der Waals surface area contributed by atoms with Gasteiger partial charge in [0, 0.05) is 6.42 Å². The maximum atomic E-state index is 6.09. The first-order valence-corrected chi connectivity index (χ1v) is 6.23. The zero-order valence-corrected chi connectivity index (χ0v) is 12.6. The molecule has 0 atom stereocenters. The normalized spacial score (nSPS) is 14.6. The van der Waals surface area contributed by atoms with Crippen molar-refractivity contribution < 1.29 is 9.47 Å². The fourth-order valence-electron chi connectivity index (χ4n) is 2.14. The van der Waals surface area contributed by atoms with Crippen molar-refractivity contribution in [2.24, 2.45) is 5.92 Å². The van der Waals surface area contributed by atoms with Crippen LogP contribution in [0.3, 0.4) is 0 Å². The van der Waals surface area contributed by atoms with E-state index in [-0.39, 0.29) is 11.2 Å². The standard InChI is InChI=1S/C14H30O2/c1-11(2)10-14(9,15-12(3,4)5)16-13(6,7)8/h11H,10H2,1-9H3. The minimum absolute atomic E-state index is 0.186. The molecule has 0 fully saturated rings. The van der Waals surface area contributed by atoms with Gasteiger partial charge in [0.15, 0.2) is 5.79 Å². The molecule has 0 aromatic carbocycles. The lowest BCUT2D eigenvalue weighted by molar-refractivity contribution is -0.307. The van der Waals surface area contributed by atoms with E-state index in [1.54, 1.807) is 0 Å². The minimum atomic E-state index is -0.509. The van der Waals surface area contributed by atoms with Crippen LogP contribution in [0.25, 0.3) is 0 Å². The van der Waals surface area contributed by atoms with Gasteiger partial charge in [-0.3, -0.25) is 0 Å². The van der Waals surface area contributed by atoms with Crippen LogP contribution in [0.15, 0.2) is 0 Å². The monoisotopic (exact) mass is 230 g/mol. The summed E-state index contributed by atoms with van der Waals surface area (Å²) < 4.78 is 12.2. The van der Waals surface area contributed by atoms with Crippen LogP contribution < -0.4 is 0 Å². The molecule has 0 aromatic heterocycles. The highest BCUT2D eigenvalue weighted by Gasteiger charge is 2.36. The van der Waals surface area contributed by atoms with E-state index >= 15 is 0 Å². The molecule has 0 aliphatic heterocycles. The largest absolute Gasteiger partial charge is 0.345 e. The van der Waals surface area contributed by atoms with Crippen LogP contribution in [0.1, 0.15) is 68.7 Å². The van der Waals surface area contributed by atoms with Crippen molar-refractivity contribution in [3.05, 3.63) is 0 Å². The molecule has 0 heterocycles. The summed E-state index contributed by atoms with van der Waals surface area (Å²) >= 11 is 0. The lowest BCUT2D eigenvalue weighted by Gasteiger charge is -2.41. The average molecular weight is 230 g/mol. The smallest absolute Gasteiger partial charge is 0.167 e. The highest BCUT2D eigenvalue weighted by Crippen LogP contribution is 2.31. The third kappa shape index (κ3) is 8.12. The van der Waals surface area contributed by atoms with E-state index in [2.05, 4.69) is 55.4 Å². The molecule has 0 radical (unpaired) electrons. The van der Waals surface area contributed by atoms with Crippen molar-refractivity contribution in [1.82, 2.24) is 0 Å². The molecule has 0 spiro atoms. The Morgan fingerprint density at radius 1 is 0.750 bits per heavy atom. The summed E-state index contributed by atoms with van der Waals surface area (Å²) in [6.45, 7) is 18.8. The molecule has 0 bridgehead atoms. The van der Waals surface area contributed by atoms with Crippen LogP contribution in [-0.2, 0) is 9.47 Å². The Bertz CT molecular complexity index is 190. The third-order valence-corrected chi connectivity index (χ3v) is 1.82. The SMILES string of the molecule is CC(C)CC(C)(OC(C)(C)C)OC(C)(C)C. The number of ether oxygens (including phenoxy) is 2. The molecule has 0 aromatic rings. The Kier molecular flexibility index (Phi) is 5.03. The van der Waals surface area contributed by atoms with Gasteiger partial charge >= 0.3 is 0 Å². The van der Waals surface area contributed by atoms with Gasteiger partial charge in [-0.2, -0.15) is 0 Å². The molecule has 16 heavy (non-hydrogen) atoms. The Morgan fingerprint density at radius 3 is 1.25 bits per heavy atom. The fourth-order valence-corrected chi connectivity index (χ4v) is 2.14. The van der Waals surface area contributed by atoms with E-state index in [0.717, 1.165) is 6.42 Å². The molecule has 0 N–H and O–H groups in total. The van der Waals surface area contributed by atoms with Crippen molar-refractivity contribution in [2.75, 3.05) is 0 Å². The first kappa shape index (κ1) is 15.9. The van der Waals surface area contributed by atoms with Crippen molar-refractivity contribution in [2.45, 2.75) is 85.7 Å². The molecule has 0 saturated heterocycles. The summed E-state index contributed by atoms with van der Waals surface area (Å²) in [5.41, 5.74) is -0.371. The van der Waals surface area contributed by atoms with Gasteiger partial charge in [0.05, 0.1) is 11.2 Å². The van der Waals surface area contributed by atoms with E-state index in [9.17, 15) is 0 Å². The molecular weight excluding hydrogens is 200 g/mol. The van der Waals surface area contributed by atoms with E-state index in [1.165, 1.54) is 0 Å². The van der Waals surface area contributed by atoms with Crippen molar-refractivity contribution >= 4 is 0 Å². The molecule has 2 nitrogen and oxygen atoms in total. The molecule has 2 heteroatoms. The second-order valence-corrected chi connectivity index (χ2v) is 7.16. The summed E-state index contributed by atoms with van der Waals surface area (Å²) in [7, 11) is 0. The van der Waals surface area contributed by atoms with Gasteiger partial charge in [0.1, 0.15) is 0 Å². The first-order valence-electron chi connectivity index (χ1n) is 6.23. The van der Waals surface area contributed by atoms with Gasteiger partial charge < -0.3 is 9.47 Å². The van der Waals surface area contributed by atoms with Crippen LogP contribution in [-0.4, -0.2) is 17.0 Å². The number of rotatable bonds is 4. The van der Waals surface area contributed by atoms with Gasteiger partial charge in [-0.15, -0.1) is 0 Å². The van der Waals surface area contributed by atoms with Gasteiger partial charge in [-0.05, 0) is 54.4 Å². The summed E-state index contributed by atoms with van der Waals surface area (Å²) in [5.74, 6) is 0.0414. The van der Waals surface area contributed by atoms with E-state index in [4.69, 9.17) is 9.47 Å². The van der Waals surface area contributed by atoms with Gasteiger partial charge in [0.25, 0.3) is 0 Å². The topological polar surface area (TPSA) is 18.5 Å². The van der Waals surface area contributed by atoms with Crippen molar-refractivity contribution in [1.29, 1.82) is 0 Å². The molecule has 0 aliphatic rings. The zero-order chi connectivity index (χ0) is 13.2. The number of hydrogen-bond acceptors (Lipinski definition) is 2. The summed E-state index contributed by atoms with van der Waals surface area (Å²) in [6.07, 6.45) is 0.904. The number of hydrogen-bond donors (Lipinski definition) is 0. The van der Waals surface area contributed by atoms with Crippen LogP contribution in [0.4, 0.5) is 0 Å². The molecule has 0 amide bonds. The predicted molar refractivity (Wildman–Crippen MR) is 69.5 cm³/mol. The van der Waals surface area contributed by atoms with Gasteiger partial charge in [0.2, 0.25) is 0 Å². The van der Waals surface area contributed by atoms with E-state index < -0.39 is 5.79 Å². The predicted octanol–water partition coefficient (Wildman–Crippen LogP) is 4.38. The lowest BCUT2D eigenvalue weighted by atomic mass is 10.0. The van der Waals surface area contributed by atoms with Crippen molar-refractivity contribution in [3.8, 4) is 0 Å². The minimum Gasteiger partial charge on any atom is -0.345 e. The zero-order valence-electron chi connectivity index (χ0n) is 12.6. The van der Waals surface area contributed by atoms with Gasteiger partial charge in [-0.1, -0.05) is 13.8 Å². The lowest BCUT2D eigenvalue weighted by Crippen LogP contribution is -2.45. The third-order valence-electron chi connectivity index (χ3n) is 1.82. The summed E-state index contributed by atoms with van der Waals surface area (Å²) in [5, 5.41) is 0. The van der Waals surface area contributed by atoms with E-state index in [1.807, 2.05) is 6.92 Å². The van der Waals surface area contributed by atoms with Crippen LogP contribution >= 0.6 is 0 Å². The van der Waals surface area contributed by atoms with E-state index in [0.29, 0.717) is 5.92 Å². The Hall–Kier alpha value is -0.0800. The molecular formula is C14H30O2. The molecule has 0 saturated carbocycles. The second-order valence-electron chi connectivity index (χ2n) is 7.16. The molecule has 0 rings (SSSR count). The van der Waals surface area contributed by atoms with Crippen LogP contribution in [0, 0.1) is 5.92 Å². The quantitative estimate of drug-likeness (QED) is 0.667. The average Bonchev–Trinajstić information content (AvgIpc) is 1.69. The highest BCUT2D eigenvalue weighted by atomic mass is 16.7. The summed E-state index contributed by atoms with van der Waals surface area (Å²) in [6, 6.07) is 0. The first-order chi connectivity index (χ1) is 6.83. The van der Waals surface area contributed by atoms with Gasteiger partial charge in [-0.25, -0.2) is 0 Å². The fraction of sp³-hybridized carbons (Fsp3) is 1.00. The van der Waals surface area contributed by atoms with Crippen molar-refractivity contribution in [3.63, 3.8) is 0 Å². The Labute approximate surface area is 102 Å². The Morgan fingerprint density at radius 2 is 1.06 bits per heavy atom.